The number of sulfonamides is 1. The zero-order valence-corrected chi connectivity index (χ0v) is 16.0. The summed E-state index contributed by atoms with van der Waals surface area (Å²) in [4.78, 5) is 11.9. The lowest BCUT2D eigenvalue weighted by Gasteiger charge is -2.14. The van der Waals surface area contributed by atoms with Gasteiger partial charge in [-0.2, -0.15) is 0 Å². The Balaban J connectivity index is 2.16. The minimum atomic E-state index is -3.82. The maximum absolute atomic E-state index is 14.3. The Morgan fingerprint density at radius 2 is 1.85 bits per heavy atom. The van der Waals surface area contributed by atoms with Crippen molar-refractivity contribution in [3.05, 3.63) is 58.9 Å². The second-order valence-electron chi connectivity index (χ2n) is 5.91. The Morgan fingerprint density at radius 3 is 2.42 bits per heavy atom. The summed E-state index contributed by atoms with van der Waals surface area (Å²) in [7, 11) is -3.82. The molecule has 1 amide bonds. The van der Waals surface area contributed by atoms with E-state index >= 15 is 0 Å². The third-order valence-corrected chi connectivity index (χ3v) is 5.52. The van der Waals surface area contributed by atoms with E-state index < -0.39 is 21.7 Å². The molecule has 0 aliphatic heterocycles. The van der Waals surface area contributed by atoms with Crippen molar-refractivity contribution >= 4 is 33.2 Å². The number of hydrogen-bond acceptors (Lipinski definition) is 3. The van der Waals surface area contributed by atoms with Crippen LogP contribution in [-0.4, -0.2) is 20.4 Å². The van der Waals surface area contributed by atoms with Crippen molar-refractivity contribution in [2.24, 2.45) is 0 Å². The van der Waals surface area contributed by atoms with E-state index in [9.17, 15) is 17.6 Å². The van der Waals surface area contributed by atoms with Crippen LogP contribution < -0.4 is 10.0 Å². The first-order chi connectivity index (χ1) is 12.2. The number of halogens is 2. The Morgan fingerprint density at radius 1 is 1.19 bits per heavy atom. The van der Waals surface area contributed by atoms with Crippen molar-refractivity contribution in [1.29, 1.82) is 0 Å². The number of carbonyl (C=O) groups is 1. The fraction of sp³-hybridized carbons (Fsp3) is 0.278. The third-order valence-electron chi connectivity index (χ3n) is 3.68. The molecular formula is C18H20ClFN2O3S. The molecule has 0 bridgehead atoms. The van der Waals surface area contributed by atoms with Crippen LogP contribution in [0.4, 0.5) is 10.1 Å². The van der Waals surface area contributed by atoms with Gasteiger partial charge in [0.1, 0.15) is 5.82 Å². The molecule has 0 fully saturated rings. The van der Waals surface area contributed by atoms with Crippen molar-refractivity contribution < 1.29 is 17.6 Å². The molecule has 5 nitrogen and oxygen atoms in total. The second kappa shape index (κ2) is 8.62. The molecule has 0 saturated heterocycles. The Bertz CT molecular complexity index is 886. The number of benzene rings is 2. The predicted molar refractivity (Wildman–Crippen MR) is 100 cm³/mol. The van der Waals surface area contributed by atoms with E-state index in [2.05, 4.69) is 10.0 Å². The Kier molecular flexibility index (Phi) is 6.75. The van der Waals surface area contributed by atoms with Crippen LogP contribution in [0.15, 0.2) is 47.4 Å². The molecule has 0 aromatic heterocycles. The van der Waals surface area contributed by atoms with E-state index in [0.29, 0.717) is 17.0 Å². The highest BCUT2D eigenvalue weighted by Crippen LogP contribution is 2.20. The molecule has 0 spiro atoms. The van der Waals surface area contributed by atoms with Crippen LogP contribution in [0.3, 0.4) is 0 Å². The lowest BCUT2D eigenvalue weighted by Crippen LogP contribution is -2.32. The first-order valence-electron chi connectivity index (χ1n) is 8.11. The van der Waals surface area contributed by atoms with Gasteiger partial charge in [0.05, 0.1) is 10.6 Å². The fourth-order valence-corrected chi connectivity index (χ4v) is 3.80. The minimum Gasteiger partial charge on any atom is -0.319 e. The maximum Gasteiger partial charge on any atom is 0.255 e. The molecule has 0 saturated carbocycles. The molecule has 140 valence electrons. The quantitative estimate of drug-likeness (QED) is 0.734. The molecular weight excluding hydrogens is 379 g/mol. The van der Waals surface area contributed by atoms with Crippen LogP contribution in [0.25, 0.3) is 0 Å². The largest absolute Gasteiger partial charge is 0.319 e. The first-order valence-corrected chi connectivity index (χ1v) is 9.98. The number of rotatable bonds is 7. The van der Waals surface area contributed by atoms with Crippen molar-refractivity contribution in [2.45, 2.75) is 37.6 Å². The Hall–Kier alpha value is -1.96. The number of nitrogens with one attached hydrogen (secondary N) is 2. The molecule has 2 aromatic rings. The molecule has 2 N–H and O–H groups in total. The average Bonchev–Trinajstić information content (AvgIpc) is 2.56. The Labute approximate surface area is 157 Å². The van der Waals surface area contributed by atoms with E-state index in [-0.39, 0.29) is 16.6 Å². The molecule has 1 atom stereocenters. The zero-order chi connectivity index (χ0) is 19.3. The number of anilines is 1. The highest BCUT2D eigenvalue weighted by Gasteiger charge is 2.19. The standard InChI is InChI=1S/C18H20ClFN2O3S/c1-3-4-12(2)22-26(24,25)15-9-10-17(16(20)11-15)21-18(23)13-5-7-14(19)8-6-13/h5-12,22H,3-4H2,1-2H3,(H,21,23). The molecule has 26 heavy (non-hydrogen) atoms. The van der Waals surface area contributed by atoms with Crippen molar-refractivity contribution in [2.75, 3.05) is 5.32 Å². The molecule has 0 aliphatic rings. The van der Waals surface area contributed by atoms with Crippen LogP contribution in [0.5, 0.6) is 0 Å². The van der Waals surface area contributed by atoms with E-state index in [1.54, 1.807) is 19.1 Å². The van der Waals surface area contributed by atoms with Crippen LogP contribution in [0.1, 0.15) is 37.0 Å². The molecule has 2 rings (SSSR count). The summed E-state index contributed by atoms with van der Waals surface area (Å²) in [5, 5.41) is 2.89. The van der Waals surface area contributed by atoms with Crippen molar-refractivity contribution in [1.82, 2.24) is 4.72 Å². The van der Waals surface area contributed by atoms with E-state index in [1.807, 2.05) is 6.92 Å². The van der Waals surface area contributed by atoms with Crippen LogP contribution in [-0.2, 0) is 10.0 Å². The predicted octanol–water partition coefficient (Wildman–Crippen LogP) is 4.20. The van der Waals surface area contributed by atoms with Crippen molar-refractivity contribution in [3.8, 4) is 0 Å². The average molecular weight is 399 g/mol. The summed E-state index contributed by atoms with van der Waals surface area (Å²) in [6.07, 6.45) is 1.50. The molecule has 2 aromatic carbocycles. The van der Waals surface area contributed by atoms with Gasteiger partial charge in [0.15, 0.2) is 0 Å². The van der Waals surface area contributed by atoms with Crippen LogP contribution in [0, 0.1) is 5.82 Å². The van der Waals surface area contributed by atoms with Gasteiger partial charge in [-0.3, -0.25) is 4.79 Å². The summed E-state index contributed by atoms with van der Waals surface area (Å²) in [5.74, 6) is -1.36. The van der Waals surface area contributed by atoms with Gasteiger partial charge in [-0.1, -0.05) is 24.9 Å². The normalized spacial score (nSPS) is 12.6. The van der Waals surface area contributed by atoms with Gasteiger partial charge in [-0.25, -0.2) is 17.5 Å². The van der Waals surface area contributed by atoms with Gasteiger partial charge in [0.2, 0.25) is 10.0 Å². The third kappa shape index (κ3) is 5.27. The van der Waals surface area contributed by atoms with Crippen LogP contribution in [0.2, 0.25) is 5.02 Å². The monoisotopic (exact) mass is 398 g/mol. The van der Waals surface area contributed by atoms with E-state index in [0.717, 1.165) is 12.5 Å². The highest BCUT2D eigenvalue weighted by atomic mass is 35.5. The highest BCUT2D eigenvalue weighted by molar-refractivity contribution is 7.89. The lowest BCUT2D eigenvalue weighted by molar-refractivity contribution is 0.102. The van der Waals surface area contributed by atoms with Gasteiger partial charge in [0.25, 0.3) is 5.91 Å². The summed E-state index contributed by atoms with van der Waals surface area (Å²) in [6.45, 7) is 3.70. The maximum atomic E-state index is 14.3. The molecule has 0 heterocycles. The molecule has 1 unspecified atom stereocenters. The van der Waals surface area contributed by atoms with Gasteiger partial charge in [-0.05, 0) is 55.8 Å². The fourth-order valence-electron chi connectivity index (χ4n) is 2.38. The first kappa shape index (κ1) is 20.4. The number of hydrogen-bond donors (Lipinski definition) is 2. The smallest absolute Gasteiger partial charge is 0.255 e. The van der Waals surface area contributed by atoms with E-state index in [1.165, 1.54) is 24.3 Å². The summed E-state index contributed by atoms with van der Waals surface area (Å²) in [5.41, 5.74) is 0.200. The molecule has 8 heteroatoms. The minimum absolute atomic E-state index is 0.106. The summed E-state index contributed by atoms with van der Waals surface area (Å²) >= 11 is 5.76. The zero-order valence-electron chi connectivity index (χ0n) is 14.4. The molecule has 0 radical (unpaired) electrons. The van der Waals surface area contributed by atoms with E-state index in [4.69, 9.17) is 11.6 Å². The summed E-state index contributed by atoms with van der Waals surface area (Å²) in [6, 6.07) is 9.22. The lowest BCUT2D eigenvalue weighted by atomic mass is 10.2. The number of amides is 1. The van der Waals surface area contributed by atoms with Crippen LogP contribution >= 0.6 is 11.6 Å². The second-order valence-corrected chi connectivity index (χ2v) is 8.06. The topological polar surface area (TPSA) is 75.3 Å². The van der Waals surface area contributed by atoms with Gasteiger partial charge in [0, 0.05) is 16.6 Å². The summed E-state index contributed by atoms with van der Waals surface area (Å²) < 4.78 is 41.3. The van der Waals surface area contributed by atoms with Gasteiger partial charge < -0.3 is 5.32 Å². The number of carbonyl (C=O) groups excluding carboxylic acids is 1. The SMILES string of the molecule is CCCC(C)NS(=O)(=O)c1ccc(NC(=O)c2ccc(Cl)cc2)c(F)c1. The van der Waals surface area contributed by atoms with Crippen molar-refractivity contribution in [3.63, 3.8) is 0 Å². The van der Waals surface area contributed by atoms with Gasteiger partial charge in [-0.15, -0.1) is 0 Å². The molecule has 0 aliphatic carbocycles. The van der Waals surface area contributed by atoms with Gasteiger partial charge >= 0.3 is 0 Å².